The number of anilines is 1. The van der Waals surface area contributed by atoms with Crippen LogP contribution in [-0.2, 0) is 0 Å². The normalized spacial score (nSPS) is 11.1. The monoisotopic (exact) mass is 335 g/mol. The molecule has 0 atom stereocenters. The molecule has 1 aromatic heterocycles. The fraction of sp³-hybridized carbons (Fsp3) is 0.0714. The maximum Gasteiger partial charge on any atom is 0.140 e. The third-order valence-corrected chi connectivity index (χ3v) is 3.70. The zero-order valence-corrected chi connectivity index (χ0v) is 12.5. The summed E-state index contributed by atoms with van der Waals surface area (Å²) in [4.78, 5) is 7.90. The van der Waals surface area contributed by atoms with Gasteiger partial charge in [0.2, 0.25) is 0 Å². The first kappa shape index (κ1) is 12.5. The molecule has 0 saturated carbocycles. The maximum atomic E-state index is 5.99. The van der Waals surface area contributed by atoms with E-state index in [1.807, 2.05) is 31.2 Å². The van der Waals surface area contributed by atoms with Crippen LogP contribution in [0.15, 0.2) is 34.8 Å². The van der Waals surface area contributed by atoms with E-state index in [-0.39, 0.29) is 0 Å². The number of imidazole rings is 1. The van der Waals surface area contributed by atoms with Crippen molar-refractivity contribution in [1.29, 1.82) is 0 Å². The summed E-state index contributed by atoms with van der Waals surface area (Å²) in [5, 5.41) is 0.622. The molecule has 0 aliphatic carbocycles. The van der Waals surface area contributed by atoms with Crippen LogP contribution in [0.5, 0.6) is 0 Å². The standard InChI is InChI=1S/C14H11BrClN3/c1-7-4-8(15)5-12-13(7)19-14(18-12)10-3-2-9(16)6-11(10)17/h2-6H,17H2,1H3,(H,18,19). The van der Waals surface area contributed by atoms with E-state index in [0.29, 0.717) is 10.7 Å². The van der Waals surface area contributed by atoms with Gasteiger partial charge in [-0.05, 0) is 42.8 Å². The fourth-order valence-electron chi connectivity index (χ4n) is 2.12. The molecule has 0 saturated heterocycles. The van der Waals surface area contributed by atoms with Gasteiger partial charge >= 0.3 is 0 Å². The van der Waals surface area contributed by atoms with E-state index in [9.17, 15) is 0 Å². The Morgan fingerprint density at radius 3 is 2.79 bits per heavy atom. The molecule has 0 amide bonds. The number of aromatic nitrogens is 2. The minimum Gasteiger partial charge on any atom is -0.398 e. The summed E-state index contributed by atoms with van der Waals surface area (Å²) in [5.41, 5.74) is 10.5. The van der Waals surface area contributed by atoms with Crippen molar-refractivity contribution in [3.05, 3.63) is 45.4 Å². The number of halogens is 2. The molecule has 3 aromatic rings. The molecule has 2 aromatic carbocycles. The lowest BCUT2D eigenvalue weighted by Crippen LogP contribution is -1.91. The number of nitrogen functional groups attached to an aromatic ring is 1. The summed E-state index contributed by atoms with van der Waals surface area (Å²) in [5.74, 6) is 0.755. The predicted octanol–water partition coefficient (Wildman–Crippen LogP) is 4.54. The van der Waals surface area contributed by atoms with E-state index in [2.05, 4.69) is 25.9 Å². The third kappa shape index (κ3) is 2.22. The first-order chi connectivity index (χ1) is 9.04. The quantitative estimate of drug-likeness (QED) is 0.641. The summed E-state index contributed by atoms with van der Waals surface area (Å²) in [6, 6.07) is 9.46. The van der Waals surface area contributed by atoms with Gasteiger partial charge in [-0.3, -0.25) is 0 Å². The number of benzene rings is 2. The molecule has 0 aliphatic rings. The van der Waals surface area contributed by atoms with Gasteiger partial charge in [0.15, 0.2) is 0 Å². The number of aryl methyl sites for hydroxylation is 1. The molecule has 0 spiro atoms. The Morgan fingerprint density at radius 1 is 1.26 bits per heavy atom. The van der Waals surface area contributed by atoms with E-state index in [1.54, 1.807) is 6.07 Å². The number of H-pyrrole nitrogens is 1. The average molecular weight is 337 g/mol. The molecule has 3 nitrogen and oxygen atoms in total. The Morgan fingerprint density at radius 2 is 2.05 bits per heavy atom. The van der Waals surface area contributed by atoms with Crippen molar-refractivity contribution in [3.63, 3.8) is 0 Å². The van der Waals surface area contributed by atoms with Crippen LogP contribution in [0.25, 0.3) is 22.4 Å². The average Bonchev–Trinajstić information content (AvgIpc) is 2.72. The highest BCUT2D eigenvalue weighted by Gasteiger charge is 2.10. The first-order valence-electron chi connectivity index (χ1n) is 5.76. The zero-order chi connectivity index (χ0) is 13.6. The summed E-state index contributed by atoms with van der Waals surface area (Å²) in [6.45, 7) is 2.03. The summed E-state index contributed by atoms with van der Waals surface area (Å²) in [7, 11) is 0. The van der Waals surface area contributed by atoms with Crippen molar-refractivity contribution in [2.24, 2.45) is 0 Å². The van der Waals surface area contributed by atoms with Gasteiger partial charge in [0.1, 0.15) is 5.82 Å². The topological polar surface area (TPSA) is 54.7 Å². The van der Waals surface area contributed by atoms with Crippen LogP contribution < -0.4 is 5.73 Å². The van der Waals surface area contributed by atoms with E-state index < -0.39 is 0 Å². The molecule has 3 rings (SSSR count). The van der Waals surface area contributed by atoms with Gasteiger partial charge in [-0.15, -0.1) is 0 Å². The summed E-state index contributed by atoms with van der Waals surface area (Å²) >= 11 is 9.40. The molecule has 0 unspecified atom stereocenters. The maximum absolute atomic E-state index is 5.99. The van der Waals surface area contributed by atoms with Crippen LogP contribution in [0.4, 0.5) is 5.69 Å². The van der Waals surface area contributed by atoms with Crippen molar-refractivity contribution in [2.45, 2.75) is 6.92 Å². The summed E-state index contributed by atoms with van der Waals surface area (Å²) in [6.07, 6.45) is 0. The minimum absolute atomic E-state index is 0.614. The Hall–Kier alpha value is -1.52. The molecule has 0 fully saturated rings. The molecule has 1 heterocycles. The predicted molar refractivity (Wildman–Crippen MR) is 83.4 cm³/mol. The molecule has 19 heavy (non-hydrogen) atoms. The minimum atomic E-state index is 0.614. The van der Waals surface area contributed by atoms with Crippen molar-refractivity contribution < 1.29 is 0 Å². The highest BCUT2D eigenvalue weighted by Crippen LogP contribution is 2.30. The molecular formula is C14H11BrClN3. The number of nitrogens with one attached hydrogen (secondary N) is 1. The Labute approximate surface area is 123 Å². The second-order valence-electron chi connectivity index (χ2n) is 4.44. The number of rotatable bonds is 1. The van der Waals surface area contributed by atoms with Crippen LogP contribution in [0.2, 0.25) is 5.02 Å². The molecule has 0 bridgehead atoms. The molecule has 96 valence electrons. The molecule has 0 aliphatic heterocycles. The van der Waals surface area contributed by atoms with Crippen molar-refractivity contribution >= 4 is 44.3 Å². The van der Waals surface area contributed by atoms with E-state index in [0.717, 1.165) is 32.5 Å². The van der Waals surface area contributed by atoms with Gasteiger partial charge in [-0.1, -0.05) is 27.5 Å². The number of nitrogens with zero attached hydrogens (tertiary/aromatic N) is 1. The largest absolute Gasteiger partial charge is 0.398 e. The van der Waals surface area contributed by atoms with Crippen LogP contribution in [0.3, 0.4) is 0 Å². The van der Waals surface area contributed by atoms with Crippen molar-refractivity contribution in [2.75, 3.05) is 5.73 Å². The van der Waals surface area contributed by atoms with Gasteiger partial charge in [-0.25, -0.2) is 4.98 Å². The zero-order valence-electron chi connectivity index (χ0n) is 10.2. The van der Waals surface area contributed by atoms with Crippen molar-refractivity contribution in [1.82, 2.24) is 9.97 Å². The lowest BCUT2D eigenvalue weighted by molar-refractivity contribution is 1.33. The van der Waals surface area contributed by atoms with Gasteiger partial charge in [0.05, 0.1) is 11.0 Å². The number of hydrogen-bond donors (Lipinski definition) is 2. The van der Waals surface area contributed by atoms with Gasteiger partial charge < -0.3 is 10.7 Å². The Kier molecular flexibility index (Phi) is 2.99. The van der Waals surface area contributed by atoms with Crippen LogP contribution in [-0.4, -0.2) is 9.97 Å². The van der Waals surface area contributed by atoms with Crippen LogP contribution >= 0.6 is 27.5 Å². The van der Waals surface area contributed by atoms with Gasteiger partial charge in [0.25, 0.3) is 0 Å². The van der Waals surface area contributed by atoms with E-state index in [1.165, 1.54) is 0 Å². The van der Waals surface area contributed by atoms with E-state index in [4.69, 9.17) is 17.3 Å². The number of aromatic amines is 1. The highest BCUT2D eigenvalue weighted by molar-refractivity contribution is 9.10. The van der Waals surface area contributed by atoms with Crippen LogP contribution in [0.1, 0.15) is 5.56 Å². The molecule has 0 radical (unpaired) electrons. The Bertz CT molecular complexity index is 780. The number of fused-ring (bicyclic) bond motifs is 1. The fourth-order valence-corrected chi connectivity index (χ4v) is 2.88. The smallest absolute Gasteiger partial charge is 0.140 e. The highest BCUT2D eigenvalue weighted by atomic mass is 79.9. The van der Waals surface area contributed by atoms with Gasteiger partial charge in [0, 0.05) is 20.7 Å². The van der Waals surface area contributed by atoms with E-state index >= 15 is 0 Å². The second kappa shape index (κ2) is 4.54. The molecule has 3 N–H and O–H groups in total. The lowest BCUT2D eigenvalue weighted by atomic mass is 10.2. The molecule has 5 heteroatoms. The number of hydrogen-bond acceptors (Lipinski definition) is 2. The SMILES string of the molecule is Cc1cc(Br)cc2[nH]c(-c3ccc(Cl)cc3N)nc12. The van der Waals surface area contributed by atoms with Gasteiger partial charge in [-0.2, -0.15) is 0 Å². The molecular weight excluding hydrogens is 326 g/mol. The summed E-state index contributed by atoms with van der Waals surface area (Å²) < 4.78 is 1.02. The second-order valence-corrected chi connectivity index (χ2v) is 5.79. The van der Waals surface area contributed by atoms with Crippen LogP contribution in [0, 0.1) is 6.92 Å². The lowest BCUT2D eigenvalue weighted by Gasteiger charge is -2.02. The van der Waals surface area contributed by atoms with Crippen molar-refractivity contribution in [3.8, 4) is 11.4 Å². The number of nitrogens with two attached hydrogens (primary N) is 1. The Balaban J connectivity index is 2.23. The third-order valence-electron chi connectivity index (χ3n) is 3.01. The first-order valence-corrected chi connectivity index (χ1v) is 6.93.